The molecule has 0 aliphatic heterocycles. The maximum Gasteiger partial charge on any atom is 0.387 e. The standard InChI is InChI=1S/C23H19F3N2O4/c1-30-20-12-15(2-8-19(20)32-23(25)26)3-9-21(29)28-14-16-10-11-27-22(13-16)31-18-6-4-17(24)5-7-18/h2-13,23H,14H2,1H3,(H,28,29)/b9-3+. The third kappa shape index (κ3) is 6.76. The number of hydrogen-bond donors (Lipinski definition) is 1. The molecule has 0 bridgehead atoms. The second kappa shape index (κ2) is 10.9. The summed E-state index contributed by atoms with van der Waals surface area (Å²) in [6, 6.07) is 13.2. The monoisotopic (exact) mass is 444 g/mol. The predicted octanol–water partition coefficient (Wildman–Crippen LogP) is 4.95. The van der Waals surface area contributed by atoms with Gasteiger partial charge in [-0.15, -0.1) is 0 Å². The van der Waals surface area contributed by atoms with E-state index in [1.54, 1.807) is 12.1 Å². The predicted molar refractivity (Wildman–Crippen MR) is 111 cm³/mol. The number of methoxy groups -OCH3 is 1. The third-order valence-electron chi connectivity index (χ3n) is 4.13. The van der Waals surface area contributed by atoms with E-state index in [1.807, 2.05) is 0 Å². The molecule has 0 spiro atoms. The van der Waals surface area contributed by atoms with E-state index in [4.69, 9.17) is 9.47 Å². The molecular formula is C23H19F3N2O4. The lowest BCUT2D eigenvalue weighted by Crippen LogP contribution is -2.20. The van der Waals surface area contributed by atoms with Crippen molar-refractivity contribution in [1.29, 1.82) is 0 Å². The van der Waals surface area contributed by atoms with Crippen molar-refractivity contribution in [3.8, 4) is 23.1 Å². The van der Waals surface area contributed by atoms with Gasteiger partial charge in [0.15, 0.2) is 11.5 Å². The van der Waals surface area contributed by atoms with Crippen LogP contribution in [0.4, 0.5) is 13.2 Å². The number of pyridine rings is 1. The number of aromatic nitrogens is 1. The van der Waals surface area contributed by atoms with E-state index >= 15 is 0 Å². The maximum atomic E-state index is 13.0. The number of halogens is 3. The van der Waals surface area contributed by atoms with Crippen LogP contribution in [-0.2, 0) is 11.3 Å². The van der Waals surface area contributed by atoms with Gasteiger partial charge in [-0.2, -0.15) is 8.78 Å². The minimum absolute atomic E-state index is 0.0968. The average molecular weight is 444 g/mol. The topological polar surface area (TPSA) is 69.7 Å². The number of hydrogen-bond acceptors (Lipinski definition) is 5. The van der Waals surface area contributed by atoms with Crippen LogP contribution in [0, 0.1) is 5.82 Å². The zero-order chi connectivity index (χ0) is 22.9. The molecule has 1 amide bonds. The molecule has 6 nitrogen and oxygen atoms in total. The third-order valence-corrected chi connectivity index (χ3v) is 4.13. The van der Waals surface area contributed by atoms with E-state index < -0.39 is 6.61 Å². The Balaban J connectivity index is 1.56. The van der Waals surface area contributed by atoms with E-state index in [9.17, 15) is 18.0 Å². The fourth-order valence-electron chi connectivity index (χ4n) is 2.64. The molecule has 0 saturated carbocycles. The fraction of sp³-hybridized carbons (Fsp3) is 0.130. The number of nitrogens with zero attached hydrogens (tertiary/aromatic N) is 1. The first-order valence-electron chi connectivity index (χ1n) is 9.40. The zero-order valence-electron chi connectivity index (χ0n) is 16.9. The van der Waals surface area contributed by atoms with Crippen LogP contribution in [0.5, 0.6) is 23.1 Å². The van der Waals surface area contributed by atoms with Crippen LogP contribution in [0.1, 0.15) is 11.1 Å². The van der Waals surface area contributed by atoms with Crippen LogP contribution in [0.3, 0.4) is 0 Å². The molecule has 3 rings (SSSR count). The Morgan fingerprint density at radius 1 is 1.09 bits per heavy atom. The second-order valence-corrected chi connectivity index (χ2v) is 6.40. The quantitative estimate of drug-likeness (QED) is 0.473. The first-order valence-corrected chi connectivity index (χ1v) is 9.40. The Morgan fingerprint density at radius 2 is 1.88 bits per heavy atom. The molecule has 0 fully saturated rings. The Labute approximate surface area is 182 Å². The fourth-order valence-corrected chi connectivity index (χ4v) is 2.64. The number of ether oxygens (including phenoxy) is 3. The normalized spacial score (nSPS) is 10.9. The van der Waals surface area contributed by atoms with Crippen LogP contribution in [0.2, 0.25) is 0 Å². The molecule has 0 saturated heterocycles. The van der Waals surface area contributed by atoms with Crippen LogP contribution < -0.4 is 19.5 Å². The van der Waals surface area contributed by atoms with Gasteiger partial charge in [-0.3, -0.25) is 4.79 Å². The van der Waals surface area contributed by atoms with E-state index in [-0.39, 0.29) is 29.8 Å². The first kappa shape index (κ1) is 22.7. The molecule has 0 aliphatic rings. The smallest absolute Gasteiger partial charge is 0.387 e. The molecule has 1 heterocycles. The second-order valence-electron chi connectivity index (χ2n) is 6.40. The summed E-state index contributed by atoms with van der Waals surface area (Å²) in [4.78, 5) is 16.2. The number of alkyl halides is 2. The molecule has 9 heteroatoms. The van der Waals surface area contributed by atoms with E-state index in [1.165, 1.54) is 67.9 Å². The SMILES string of the molecule is COc1cc(/C=C/C(=O)NCc2ccnc(Oc3ccc(F)cc3)c2)ccc1OC(F)F. The molecule has 32 heavy (non-hydrogen) atoms. The lowest BCUT2D eigenvalue weighted by Gasteiger charge is -2.10. The summed E-state index contributed by atoms with van der Waals surface area (Å²) in [5, 5.41) is 2.72. The van der Waals surface area contributed by atoms with Crippen molar-refractivity contribution in [2.45, 2.75) is 13.2 Å². The van der Waals surface area contributed by atoms with Gasteiger partial charge in [0.1, 0.15) is 11.6 Å². The Morgan fingerprint density at radius 3 is 2.59 bits per heavy atom. The highest BCUT2D eigenvalue weighted by Crippen LogP contribution is 2.29. The zero-order valence-corrected chi connectivity index (χ0v) is 16.9. The van der Waals surface area contributed by atoms with Gasteiger partial charge in [0.2, 0.25) is 11.8 Å². The maximum absolute atomic E-state index is 13.0. The minimum atomic E-state index is -2.97. The molecular weight excluding hydrogens is 425 g/mol. The van der Waals surface area contributed by atoms with Crippen molar-refractivity contribution in [2.75, 3.05) is 7.11 Å². The summed E-state index contributed by atoms with van der Waals surface area (Å²) in [5.41, 5.74) is 1.31. The Hall–Kier alpha value is -4.01. The highest BCUT2D eigenvalue weighted by atomic mass is 19.3. The highest BCUT2D eigenvalue weighted by Gasteiger charge is 2.10. The van der Waals surface area contributed by atoms with Crippen molar-refractivity contribution >= 4 is 12.0 Å². The van der Waals surface area contributed by atoms with E-state index in [0.29, 0.717) is 17.2 Å². The summed E-state index contributed by atoms with van der Waals surface area (Å²) in [7, 11) is 1.33. The molecule has 166 valence electrons. The van der Waals surface area contributed by atoms with E-state index in [0.717, 1.165) is 5.56 Å². The summed E-state index contributed by atoms with van der Waals surface area (Å²) in [6.45, 7) is -2.75. The van der Waals surface area contributed by atoms with Crippen LogP contribution >= 0.6 is 0 Å². The van der Waals surface area contributed by atoms with Gasteiger partial charge in [-0.1, -0.05) is 6.07 Å². The number of rotatable bonds is 9. The van der Waals surface area contributed by atoms with Crippen LogP contribution in [-0.4, -0.2) is 24.6 Å². The van der Waals surface area contributed by atoms with E-state index in [2.05, 4.69) is 15.0 Å². The van der Waals surface area contributed by atoms with Crippen molar-refractivity contribution in [3.63, 3.8) is 0 Å². The van der Waals surface area contributed by atoms with Gasteiger partial charge in [0.25, 0.3) is 0 Å². The van der Waals surface area contributed by atoms with Crippen molar-refractivity contribution in [3.05, 3.63) is 83.8 Å². The number of amides is 1. The lowest BCUT2D eigenvalue weighted by atomic mass is 10.2. The van der Waals surface area contributed by atoms with Crippen molar-refractivity contribution < 1.29 is 32.2 Å². The van der Waals surface area contributed by atoms with Gasteiger partial charge in [0, 0.05) is 24.9 Å². The molecule has 0 aliphatic carbocycles. The number of nitrogens with one attached hydrogen (secondary N) is 1. The Bertz CT molecular complexity index is 1090. The molecule has 3 aromatic rings. The minimum Gasteiger partial charge on any atom is -0.493 e. The van der Waals surface area contributed by atoms with Crippen molar-refractivity contribution in [1.82, 2.24) is 10.3 Å². The van der Waals surface area contributed by atoms with Crippen molar-refractivity contribution in [2.24, 2.45) is 0 Å². The average Bonchev–Trinajstić information content (AvgIpc) is 2.78. The van der Waals surface area contributed by atoms with Gasteiger partial charge in [-0.05, 0) is 59.7 Å². The molecule has 2 aromatic carbocycles. The summed E-state index contributed by atoms with van der Waals surface area (Å²) >= 11 is 0. The highest BCUT2D eigenvalue weighted by molar-refractivity contribution is 5.91. The van der Waals surface area contributed by atoms with Gasteiger partial charge in [-0.25, -0.2) is 9.37 Å². The van der Waals surface area contributed by atoms with Crippen LogP contribution in [0.25, 0.3) is 6.08 Å². The lowest BCUT2D eigenvalue weighted by molar-refractivity contribution is -0.116. The van der Waals surface area contributed by atoms with Gasteiger partial charge in [0.05, 0.1) is 7.11 Å². The summed E-state index contributed by atoms with van der Waals surface area (Å²) < 4.78 is 52.7. The number of carbonyl (C=O) groups excluding carboxylic acids is 1. The molecule has 1 N–H and O–H groups in total. The molecule has 0 unspecified atom stereocenters. The number of benzene rings is 2. The summed E-state index contributed by atoms with van der Waals surface area (Å²) in [5.74, 6) is 0.0275. The molecule has 0 radical (unpaired) electrons. The van der Waals surface area contributed by atoms with Crippen LogP contribution in [0.15, 0.2) is 66.9 Å². The Kier molecular flexibility index (Phi) is 7.69. The largest absolute Gasteiger partial charge is 0.493 e. The van der Waals surface area contributed by atoms with Gasteiger partial charge < -0.3 is 19.5 Å². The molecule has 1 aromatic heterocycles. The van der Waals surface area contributed by atoms with Gasteiger partial charge >= 0.3 is 6.61 Å². The summed E-state index contributed by atoms with van der Waals surface area (Å²) in [6.07, 6.45) is 4.35. The molecule has 0 atom stereocenters. The first-order chi connectivity index (χ1) is 15.4. The number of carbonyl (C=O) groups is 1.